The molecule has 0 aliphatic carbocycles. The number of hydrogen-bond donors (Lipinski definition) is 2. The van der Waals surface area contributed by atoms with Crippen molar-refractivity contribution in [2.45, 2.75) is 19.3 Å². The summed E-state index contributed by atoms with van der Waals surface area (Å²) in [5.74, 6) is 0.0436. The highest BCUT2D eigenvalue weighted by Crippen LogP contribution is 2.28. The van der Waals surface area contributed by atoms with E-state index in [0.717, 1.165) is 25.9 Å². The highest BCUT2D eigenvalue weighted by molar-refractivity contribution is 5.76. The van der Waals surface area contributed by atoms with Gasteiger partial charge in [-0.25, -0.2) is 0 Å². The molecule has 1 aromatic rings. The number of amides is 1. The van der Waals surface area contributed by atoms with Crippen LogP contribution < -0.4 is 15.4 Å². The van der Waals surface area contributed by atoms with Crippen molar-refractivity contribution in [3.05, 3.63) is 34.4 Å². The summed E-state index contributed by atoms with van der Waals surface area (Å²) in [4.78, 5) is 22.5. The molecule has 2 N–H and O–H groups in total. The molecule has 8 heteroatoms. The van der Waals surface area contributed by atoms with Gasteiger partial charge >= 0.3 is 5.69 Å². The molecule has 1 heterocycles. The topological polar surface area (TPSA) is 103 Å². The predicted octanol–water partition coefficient (Wildman–Crippen LogP) is 1.50. The molecule has 0 atom stereocenters. The largest absolute Gasteiger partial charge is 0.486 e. The Balaban J connectivity index is 1.78. The van der Waals surface area contributed by atoms with Crippen molar-refractivity contribution < 1.29 is 19.2 Å². The number of benzene rings is 1. The van der Waals surface area contributed by atoms with Gasteiger partial charge < -0.3 is 20.1 Å². The predicted molar refractivity (Wildman–Crippen MR) is 92.6 cm³/mol. The Kier molecular flexibility index (Phi) is 7.15. The van der Waals surface area contributed by atoms with Gasteiger partial charge in [0.1, 0.15) is 0 Å². The van der Waals surface area contributed by atoms with E-state index in [1.54, 1.807) is 19.2 Å². The summed E-state index contributed by atoms with van der Waals surface area (Å²) in [7, 11) is 1.67. The van der Waals surface area contributed by atoms with Crippen LogP contribution >= 0.6 is 0 Å². The van der Waals surface area contributed by atoms with Gasteiger partial charge in [0.2, 0.25) is 5.91 Å². The molecular formula is C17H25N3O5. The van der Waals surface area contributed by atoms with Crippen molar-refractivity contribution >= 4 is 11.6 Å². The molecule has 0 unspecified atom stereocenters. The van der Waals surface area contributed by atoms with Crippen LogP contribution in [0, 0.1) is 15.5 Å². The number of rotatable bonds is 9. The van der Waals surface area contributed by atoms with Crippen LogP contribution in [0.2, 0.25) is 0 Å². The maximum Gasteiger partial charge on any atom is 0.310 e. The average Bonchev–Trinajstić information content (AvgIpc) is 2.61. The van der Waals surface area contributed by atoms with Crippen molar-refractivity contribution in [3.63, 3.8) is 0 Å². The SMILES string of the molecule is COCC1(CNC(=O)CCOc2ccccc2[N+](=O)[O-])CCNCC1. The molecule has 1 amide bonds. The van der Waals surface area contributed by atoms with E-state index < -0.39 is 4.92 Å². The fraction of sp³-hybridized carbons (Fsp3) is 0.588. The number of para-hydroxylation sites is 2. The van der Waals surface area contributed by atoms with E-state index in [-0.39, 0.29) is 35.8 Å². The molecule has 1 aromatic carbocycles. The third-order valence-corrected chi connectivity index (χ3v) is 4.42. The van der Waals surface area contributed by atoms with Crippen molar-refractivity contribution in [1.82, 2.24) is 10.6 Å². The maximum atomic E-state index is 12.1. The molecule has 8 nitrogen and oxygen atoms in total. The molecule has 0 radical (unpaired) electrons. The number of nitro groups is 1. The van der Waals surface area contributed by atoms with Crippen molar-refractivity contribution in [2.24, 2.45) is 5.41 Å². The second kappa shape index (κ2) is 9.33. The molecule has 0 saturated carbocycles. The van der Waals surface area contributed by atoms with Crippen molar-refractivity contribution in [2.75, 3.05) is 40.0 Å². The third-order valence-electron chi connectivity index (χ3n) is 4.42. The van der Waals surface area contributed by atoms with Crippen LogP contribution in [0.1, 0.15) is 19.3 Å². The summed E-state index contributed by atoms with van der Waals surface area (Å²) in [6, 6.07) is 6.14. The Morgan fingerprint density at radius 2 is 2.08 bits per heavy atom. The monoisotopic (exact) mass is 351 g/mol. The van der Waals surface area contributed by atoms with Gasteiger partial charge in [-0.2, -0.15) is 0 Å². The van der Waals surface area contributed by atoms with Crippen molar-refractivity contribution in [3.8, 4) is 5.75 Å². The number of nitro benzene ring substituents is 1. The van der Waals surface area contributed by atoms with Gasteiger partial charge in [-0.15, -0.1) is 0 Å². The number of nitrogens with one attached hydrogen (secondary N) is 2. The first-order valence-corrected chi connectivity index (χ1v) is 8.39. The van der Waals surface area contributed by atoms with Crippen LogP contribution in [0.5, 0.6) is 5.75 Å². The molecule has 1 fully saturated rings. The zero-order chi connectivity index (χ0) is 18.1. The molecule has 0 spiro atoms. The first-order valence-electron chi connectivity index (χ1n) is 8.39. The first-order chi connectivity index (χ1) is 12.1. The maximum absolute atomic E-state index is 12.1. The third kappa shape index (κ3) is 5.68. The highest BCUT2D eigenvalue weighted by atomic mass is 16.6. The molecular weight excluding hydrogens is 326 g/mol. The highest BCUT2D eigenvalue weighted by Gasteiger charge is 2.32. The van der Waals surface area contributed by atoms with Crippen LogP contribution in [0.25, 0.3) is 0 Å². The lowest BCUT2D eigenvalue weighted by Crippen LogP contribution is -2.47. The summed E-state index contributed by atoms with van der Waals surface area (Å²) in [6.45, 7) is 3.10. The second-order valence-corrected chi connectivity index (χ2v) is 6.28. The quantitative estimate of drug-likeness (QED) is 0.516. The van der Waals surface area contributed by atoms with Gasteiger partial charge in [-0.3, -0.25) is 14.9 Å². The number of piperidine rings is 1. The normalized spacial score (nSPS) is 16.2. The number of methoxy groups -OCH3 is 1. The van der Waals surface area contributed by atoms with E-state index in [2.05, 4.69) is 10.6 Å². The molecule has 1 aliphatic rings. The molecule has 0 bridgehead atoms. The Morgan fingerprint density at radius 3 is 2.76 bits per heavy atom. The number of carbonyl (C=O) groups excluding carboxylic acids is 1. The van der Waals surface area contributed by atoms with Gasteiger partial charge in [0.25, 0.3) is 0 Å². The lowest BCUT2D eigenvalue weighted by molar-refractivity contribution is -0.385. The summed E-state index contributed by atoms with van der Waals surface area (Å²) in [6.07, 6.45) is 2.05. The second-order valence-electron chi connectivity index (χ2n) is 6.28. The summed E-state index contributed by atoms with van der Waals surface area (Å²) < 4.78 is 10.7. The Morgan fingerprint density at radius 1 is 1.36 bits per heavy atom. The Labute approximate surface area is 147 Å². The fourth-order valence-corrected chi connectivity index (χ4v) is 2.99. The molecule has 25 heavy (non-hydrogen) atoms. The molecule has 1 saturated heterocycles. The molecule has 1 aliphatic heterocycles. The summed E-state index contributed by atoms with van der Waals surface area (Å²) in [5.41, 5.74) is -0.133. The van der Waals surface area contributed by atoms with Gasteiger partial charge in [0.05, 0.1) is 24.6 Å². The lowest BCUT2D eigenvalue weighted by atomic mass is 9.79. The van der Waals surface area contributed by atoms with Gasteiger partial charge in [0, 0.05) is 25.1 Å². The van der Waals surface area contributed by atoms with Crippen LogP contribution in [-0.4, -0.2) is 50.8 Å². The summed E-state index contributed by atoms with van der Waals surface area (Å²) >= 11 is 0. The van der Waals surface area contributed by atoms with Gasteiger partial charge in [-0.1, -0.05) is 12.1 Å². The lowest BCUT2D eigenvalue weighted by Gasteiger charge is -2.37. The van der Waals surface area contributed by atoms with Crippen molar-refractivity contribution in [1.29, 1.82) is 0 Å². The minimum absolute atomic E-state index is 0.0330. The number of carbonyl (C=O) groups is 1. The van der Waals surface area contributed by atoms with E-state index in [4.69, 9.17) is 9.47 Å². The summed E-state index contributed by atoms with van der Waals surface area (Å²) in [5, 5.41) is 17.2. The standard InChI is InChI=1S/C17H25N3O5/c1-24-13-17(7-9-18-10-8-17)12-19-16(21)6-11-25-15-5-3-2-4-14(15)20(22)23/h2-5,18H,6-13H2,1H3,(H,19,21). The number of nitrogens with zero attached hydrogens (tertiary/aromatic N) is 1. The molecule has 2 rings (SSSR count). The first kappa shape index (κ1) is 19.1. The van der Waals surface area contributed by atoms with E-state index in [1.165, 1.54) is 12.1 Å². The van der Waals surface area contributed by atoms with Gasteiger partial charge in [0.15, 0.2) is 5.75 Å². The molecule has 0 aromatic heterocycles. The minimum atomic E-state index is -0.499. The van der Waals surface area contributed by atoms with E-state index in [1.807, 2.05) is 0 Å². The van der Waals surface area contributed by atoms with E-state index >= 15 is 0 Å². The fourth-order valence-electron chi connectivity index (χ4n) is 2.99. The number of hydrogen-bond acceptors (Lipinski definition) is 6. The van der Waals surface area contributed by atoms with E-state index in [9.17, 15) is 14.9 Å². The van der Waals surface area contributed by atoms with Gasteiger partial charge in [-0.05, 0) is 32.0 Å². The Hall–Kier alpha value is -2.19. The minimum Gasteiger partial charge on any atom is -0.486 e. The van der Waals surface area contributed by atoms with Crippen LogP contribution in [-0.2, 0) is 9.53 Å². The smallest absolute Gasteiger partial charge is 0.310 e. The van der Waals surface area contributed by atoms with Crippen LogP contribution in [0.3, 0.4) is 0 Å². The van der Waals surface area contributed by atoms with E-state index in [0.29, 0.717) is 13.2 Å². The average molecular weight is 351 g/mol. The van der Waals surface area contributed by atoms with Crippen LogP contribution in [0.4, 0.5) is 5.69 Å². The zero-order valence-electron chi connectivity index (χ0n) is 14.5. The number of ether oxygens (including phenoxy) is 2. The van der Waals surface area contributed by atoms with Crippen LogP contribution in [0.15, 0.2) is 24.3 Å². The zero-order valence-corrected chi connectivity index (χ0v) is 14.5. The molecule has 138 valence electrons. The Bertz CT molecular complexity index is 582.